The first-order valence-corrected chi connectivity index (χ1v) is 48.1. The third kappa shape index (κ3) is 43.2. The molecule has 2 aromatic carbocycles. The van der Waals surface area contributed by atoms with Crippen LogP contribution >= 0.6 is 0 Å². The van der Waals surface area contributed by atoms with Gasteiger partial charge in [0.25, 0.3) is 0 Å². The van der Waals surface area contributed by atoms with Crippen LogP contribution in [0.25, 0.3) is 0 Å². The Morgan fingerprint density at radius 1 is 0.504 bits per heavy atom. The number of benzene rings is 2. The lowest BCUT2D eigenvalue weighted by atomic mass is 9.83. The van der Waals surface area contributed by atoms with Crippen LogP contribution in [-0.2, 0) is 102 Å². The Bertz CT molecular complexity index is 3830. The van der Waals surface area contributed by atoms with Crippen LogP contribution in [-0.4, -0.2) is 357 Å². The molecular formula is C101H177N11O23. The highest BCUT2D eigenvalue weighted by molar-refractivity contribution is 5.91. The maximum Gasteiger partial charge on any atom is 0.410 e. The number of rotatable bonds is 52. The highest BCUT2D eigenvalue weighted by Crippen LogP contribution is 2.34. The summed E-state index contributed by atoms with van der Waals surface area (Å²) in [5.74, 6) is -5.46. The van der Waals surface area contributed by atoms with Gasteiger partial charge in [0.1, 0.15) is 29.8 Å². The standard InChI is InChI=1S/C51H87N5O11.C27H50N4O7.C16H32N2O5.C7H8/c1-17-35(6)45(55(13)48(60)38(33(2)3)31-41(57)44(34(4)5)53(11)26-28-66-29-27-54(12)50(62)67-51(8,9)10)42(63-14)32-43(58)56-25-21-24-40(56)46(64-15)36(7)47(59)52-39(49(61)65-16)30-37-22-19-18-20-23-37;1-10-17(4)24(30(6)27(35)23(28)16(2)3)20(36-7)14-21(32)31-13-11-12-19(31)25(38-9)18(5)26(34)29-15-22(33)37-8;1-12(2)13(14(19)20)17(6)8-10-22-11-9-18(7)15(21)23-16(3,4)5;1-7-5-3-2-4-6-7/h18-20,22-23,33-36,38-40,42,44-46H,17,21,24-32H2,1-16H3,(H,52,59);16-20,23-25H,10-15,28H2,1-9H3,(H,29,34);12-13H,8-11H2,1-7H3,(H,19,20);2-6H,1H3/t35-,36+,38-,39-,40-,42+,44-,45-,46+;17-,18+,19-,20+,23-,24-,25+;13-;/m000./s1. The molecule has 34 heteroatoms. The van der Waals surface area contributed by atoms with Crippen molar-refractivity contribution in [1.82, 2.24) is 49.8 Å². The molecule has 0 unspecified atom stereocenters. The van der Waals surface area contributed by atoms with Gasteiger partial charge in [-0.1, -0.05) is 176 Å². The van der Waals surface area contributed by atoms with Gasteiger partial charge in [0.05, 0.1) is 126 Å². The highest BCUT2D eigenvalue weighted by atomic mass is 16.6. The lowest BCUT2D eigenvalue weighted by Gasteiger charge is -2.41. The van der Waals surface area contributed by atoms with Crippen molar-refractivity contribution in [2.45, 2.75) is 294 Å². The van der Waals surface area contributed by atoms with E-state index in [0.717, 1.165) is 18.4 Å². The Labute approximate surface area is 808 Å². The summed E-state index contributed by atoms with van der Waals surface area (Å²) in [6.07, 6.45) is 1.45. The topological polar surface area (TPSA) is 393 Å². The van der Waals surface area contributed by atoms with Crippen molar-refractivity contribution >= 4 is 71.3 Å². The fraction of sp³-hybridized carbons (Fsp3) is 0.762. The van der Waals surface area contributed by atoms with Gasteiger partial charge in [0, 0.05) is 115 Å². The van der Waals surface area contributed by atoms with E-state index < -0.39 is 114 Å². The zero-order chi connectivity index (χ0) is 103. The third-order valence-electron chi connectivity index (χ3n) is 25.2. The maximum atomic E-state index is 14.7. The number of carboxylic acid groups (broad SMARTS) is 1. The smallest absolute Gasteiger partial charge is 0.410 e. The lowest BCUT2D eigenvalue weighted by Crippen LogP contribution is -2.56. The van der Waals surface area contributed by atoms with Crippen LogP contribution < -0.4 is 16.4 Å². The molecule has 17 atom stereocenters. The van der Waals surface area contributed by atoms with Gasteiger partial charge in [-0.25, -0.2) is 14.4 Å². The van der Waals surface area contributed by atoms with Crippen LogP contribution in [0.2, 0.25) is 0 Å². The third-order valence-corrected chi connectivity index (χ3v) is 25.2. The molecule has 2 aliphatic heterocycles. The second kappa shape index (κ2) is 63.2. The number of hydrogen-bond acceptors (Lipinski definition) is 25. The number of likely N-dealkylation sites (N-methyl/N-ethyl adjacent to an activating group) is 6. The number of carboxylic acids is 1. The summed E-state index contributed by atoms with van der Waals surface area (Å²) in [4.78, 5) is 169. The fourth-order valence-corrected chi connectivity index (χ4v) is 17.0. The predicted octanol–water partition coefficient (Wildman–Crippen LogP) is 11.0. The maximum absolute atomic E-state index is 14.7. The van der Waals surface area contributed by atoms with E-state index >= 15 is 0 Å². The Morgan fingerprint density at radius 2 is 0.904 bits per heavy atom. The molecule has 2 heterocycles. The molecule has 2 aromatic rings. The molecule has 0 saturated carbocycles. The van der Waals surface area contributed by atoms with Crippen molar-refractivity contribution in [2.75, 3.05) is 157 Å². The predicted molar refractivity (Wildman–Crippen MR) is 523 cm³/mol. The van der Waals surface area contributed by atoms with Crippen LogP contribution in [0.15, 0.2) is 60.7 Å². The van der Waals surface area contributed by atoms with Crippen LogP contribution in [0.3, 0.4) is 0 Å². The van der Waals surface area contributed by atoms with E-state index in [4.69, 9.17) is 48.4 Å². The molecule has 34 nitrogen and oxygen atoms in total. The van der Waals surface area contributed by atoms with Crippen molar-refractivity contribution in [3.8, 4) is 0 Å². The number of nitrogens with two attached hydrogens (primary N) is 1. The summed E-state index contributed by atoms with van der Waals surface area (Å²) in [6.45, 7) is 44.1. The number of ether oxygens (including phenoxy) is 10. The number of carbonyl (C=O) groups is 12. The number of esters is 2. The second-order valence-corrected chi connectivity index (χ2v) is 39.4. The van der Waals surface area contributed by atoms with Gasteiger partial charge in [-0.15, -0.1) is 0 Å². The number of hydrogen-bond donors (Lipinski definition) is 4. The van der Waals surface area contributed by atoms with Gasteiger partial charge in [0.15, 0.2) is 5.78 Å². The summed E-state index contributed by atoms with van der Waals surface area (Å²) in [5, 5.41) is 14.6. The van der Waals surface area contributed by atoms with Crippen LogP contribution in [0.5, 0.6) is 0 Å². The van der Waals surface area contributed by atoms with Gasteiger partial charge in [-0.3, -0.25) is 53.0 Å². The number of aliphatic carboxylic acids is 1. The first-order chi connectivity index (χ1) is 63.1. The monoisotopic (exact) mass is 1910 g/mol. The minimum atomic E-state index is -0.907. The Morgan fingerprint density at radius 3 is 1.25 bits per heavy atom. The molecule has 135 heavy (non-hydrogen) atoms. The zero-order valence-corrected chi connectivity index (χ0v) is 88.3. The van der Waals surface area contributed by atoms with Crippen molar-refractivity contribution in [2.24, 2.45) is 59.0 Å². The van der Waals surface area contributed by atoms with E-state index in [9.17, 15) is 62.6 Å². The second-order valence-electron chi connectivity index (χ2n) is 39.4. The molecule has 2 saturated heterocycles. The fourth-order valence-electron chi connectivity index (χ4n) is 17.0. The number of Topliss-reactive ketones (excluding diaryl/α,β-unsaturated/α-hetero) is 1. The van der Waals surface area contributed by atoms with E-state index in [0.29, 0.717) is 91.4 Å². The first-order valence-electron chi connectivity index (χ1n) is 48.1. The molecule has 8 amide bonds. The average molecular weight is 1910 g/mol. The molecule has 0 radical (unpaired) electrons. The van der Waals surface area contributed by atoms with Gasteiger partial charge < -0.3 is 98.2 Å². The molecule has 774 valence electrons. The van der Waals surface area contributed by atoms with Crippen molar-refractivity contribution < 1.29 is 110 Å². The Hall–Kier alpha value is -8.48. The van der Waals surface area contributed by atoms with E-state index in [-0.39, 0.29) is 127 Å². The molecule has 0 aromatic heterocycles. The number of carbonyl (C=O) groups excluding carboxylic acids is 11. The van der Waals surface area contributed by atoms with E-state index in [1.54, 1.807) is 87.8 Å². The zero-order valence-electron chi connectivity index (χ0n) is 88.3. The van der Waals surface area contributed by atoms with Crippen LogP contribution in [0.1, 0.15) is 207 Å². The lowest BCUT2D eigenvalue weighted by molar-refractivity contribution is -0.150. The van der Waals surface area contributed by atoms with E-state index in [2.05, 4.69) is 34.4 Å². The molecule has 2 aliphatic rings. The number of aryl methyl sites for hydroxylation is 1. The van der Waals surface area contributed by atoms with Gasteiger partial charge in [-0.05, 0) is 129 Å². The van der Waals surface area contributed by atoms with Crippen molar-refractivity contribution in [3.63, 3.8) is 0 Å². The number of nitrogens with zero attached hydrogens (tertiary/aromatic N) is 8. The number of nitrogens with one attached hydrogen (secondary N) is 2. The molecule has 0 spiro atoms. The Kier molecular flexibility index (Phi) is 58.3. The minimum absolute atomic E-state index is 0.0109. The quantitative estimate of drug-likeness (QED) is 0.0271. The summed E-state index contributed by atoms with van der Waals surface area (Å²) in [6, 6.07) is 15.6. The van der Waals surface area contributed by atoms with Gasteiger partial charge in [-0.2, -0.15) is 0 Å². The minimum Gasteiger partial charge on any atom is -0.480 e. The van der Waals surface area contributed by atoms with E-state index in [1.165, 1.54) is 43.8 Å². The van der Waals surface area contributed by atoms with Gasteiger partial charge >= 0.3 is 30.1 Å². The summed E-state index contributed by atoms with van der Waals surface area (Å²) >= 11 is 0. The largest absolute Gasteiger partial charge is 0.480 e. The van der Waals surface area contributed by atoms with Crippen molar-refractivity contribution in [3.05, 3.63) is 71.8 Å². The molecule has 0 aliphatic carbocycles. The van der Waals surface area contributed by atoms with Gasteiger partial charge in [0.2, 0.25) is 35.4 Å². The summed E-state index contributed by atoms with van der Waals surface area (Å²) in [7, 11) is 19.2. The molecule has 4 rings (SSSR count). The van der Waals surface area contributed by atoms with Crippen LogP contribution in [0, 0.1) is 60.2 Å². The number of methoxy groups -OCH3 is 6. The number of ketones is 1. The molecule has 5 N–H and O–H groups in total. The summed E-state index contributed by atoms with van der Waals surface area (Å²) in [5.41, 5.74) is 7.25. The van der Waals surface area contributed by atoms with E-state index in [1.807, 2.05) is 185 Å². The molecule has 0 bridgehead atoms. The Balaban J connectivity index is 0.00000111. The number of amides is 8. The average Bonchev–Trinajstić information content (AvgIpc) is 1.73. The highest BCUT2D eigenvalue weighted by Gasteiger charge is 2.47. The number of likely N-dealkylation sites (tertiary alicyclic amines) is 2. The van der Waals surface area contributed by atoms with Crippen molar-refractivity contribution in [1.29, 1.82) is 0 Å². The van der Waals surface area contributed by atoms with Crippen LogP contribution in [0.4, 0.5) is 9.59 Å². The first kappa shape index (κ1) is 125. The summed E-state index contributed by atoms with van der Waals surface area (Å²) < 4.78 is 55.2. The molecular weight excluding hydrogens is 1740 g/mol. The SMILES string of the molecule is CC(C)[C@@H](C(=O)O)N(C)CCOCCN(C)C(=O)OC(C)(C)C.CC[C@H](C)[C@@H]([C@@H](CC(=O)N1CCC[C@H]1[C@H](OC)[C@@H](C)C(=O)NCC(=O)OC)OC)N(C)C(=O)[C@@H](N)C(C)C.CC[C@H](C)[C@@H]([C@@H](CC(=O)N1CCC[C@H]1[C@H](OC)[C@@H](C)C(=O)N[C@@H](Cc1ccccc1)C(=O)OC)OC)N(C)C(=O)[C@@H](CC(=O)[C@H](C(C)C)N(C)CCOCCN(C)C(=O)OC(C)(C)C)C(C)C.Cc1ccccc1. The normalized spacial score (nSPS) is 17.3. The molecule has 2 fully saturated rings.